The SMILES string of the molecule is CC1(C)c2cccc(c2)N(c2ccccc2)c2ccccc2-c2cc(-c3cccc(-c4cc(-c5ccccc5)cc(-c5ccccc5)n4)c3)cc3ccc1cc23. The van der Waals surface area contributed by atoms with E-state index in [1.54, 1.807) is 0 Å². The van der Waals surface area contributed by atoms with Crippen LogP contribution in [0.3, 0.4) is 0 Å². The number of rotatable bonds is 5. The van der Waals surface area contributed by atoms with Crippen molar-refractivity contribution in [3.63, 3.8) is 0 Å². The third-order valence-corrected chi connectivity index (χ3v) is 11.4. The van der Waals surface area contributed by atoms with Gasteiger partial charge in [-0.1, -0.05) is 153 Å². The Labute approximate surface area is 329 Å². The molecule has 2 nitrogen and oxygen atoms in total. The molecule has 1 aromatic heterocycles. The molecule has 266 valence electrons. The van der Waals surface area contributed by atoms with Gasteiger partial charge in [0.05, 0.1) is 17.1 Å². The molecule has 10 rings (SSSR count). The number of hydrogen-bond donors (Lipinski definition) is 0. The van der Waals surface area contributed by atoms with Crippen LogP contribution in [0.5, 0.6) is 0 Å². The highest BCUT2D eigenvalue weighted by molar-refractivity contribution is 6.04. The van der Waals surface area contributed by atoms with Crippen molar-refractivity contribution in [2.45, 2.75) is 19.3 Å². The van der Waals surface area contributed by atoms with Gasteiger partial charge in [0.2, 0.25) is 0 Å². The summed E-state index contributed by atoms with van der Waals surface area (Å²) >= 11 is 0. The van der Waals surface area contributed by atoms with Crippen molar-refractivity contribution in [3.8, 4) is 55.9 Å². The molecule has 2 heteroatoms. The first kappa shape index (κ1) is 33.5. The lowest BCUT2D eigenvalue weighted by molar-refractivity contribution is 0.642. The summed E-state index contributed by atoms with van der Waals surface area (Å²) in [6, 6.07) is 74.9. The van der Waals surface area contributed by atoms with E-state index in [1.165, 1.54) is 44.2 Å². The normalized spacial score (nSPS) is 12.9. The quantitative estimate of drug-likeness (QED) is 0.176. The van der Waals surface area contributed by atoms with Crippen LogP contribution in [0, 0.1) is 0 Å². The second-order valence-corrected chi connectivity index (χ2v) is 15.3. The van der Waals surface area contributed by atoms with Crippen LogP contribution in [0.25, 0.3) is 66.7 Å². The Morgan fingerprint density at radius 1 is 0.375 bits per heavy atom. The summed E-state index contributed by atoms with van der Waals surface area (Å²) in [4.78, 5) is 7.68. The first-order valence-electron chi connectivity index (χ1n) is 19.4. The molecule has 0 unspecified atom stereocenters. The fourth-order valence-corrected chi connectivity index (χ4v) is 8.33. The number of pyridine rings is 1. The molecule has 0 spiro atoms. The molecule has 0 N–H and O–H groups in total. The molecule has 0 atom stereocenters. The molecular formula is C54H40N2. The lowest BCUT2D eigenvalue weighted by Crippen LogP contribution is -2.19. The largest absolute Gasteiger partial charge is 0.310 e. The number of nitrogens with zero attached hydrogens (tertiary/aromatic N) is 2. The van der Waals surface area contributed by atoms with Gasteiger partial charge < -0.3 is 4.90 Å². The molecule has 1 aliphatic rings. The maximum absolute atomic E-state index is 5.26. The Bertz CT molecular complexity index is 2820. The predicted octanol–water partition coefficient (Wildman–Crippen LogP) is 14.7. The minimum absolute atomic E-state index is 0.215. The molecule has 0 amide bonds. The van der Waals surface area contributed by atoms with Crippen molar-refractivity contribution in [3.05, 3.63) is 217 Å². The lowest BCUT2D eigenvalue weighted by atomic mass is 9.77. The number of fused-ring (bicyclic) bond motifs is 5. The van der Waals surface area contributed by atoms with E-state index in [-0.39, 0.29) is 5.41 Å². The van der Waals surface area contributed by atoms with Crippen LogP contribution < -0.4 is 4.90 Å². The highest BCUT2D eigenvalue weighted by Crippen LogP contribution is 2.47. The summed E-state index contributed by atoms with van der Waals surface area (Å²) in [5.41, 5.74) is 16.9. The monoisotopic (exact) mass is 716 g/mol. The standard InChI is InChI=1S/C54H40N2/c1-54(2)44-22-15-25-47(35-44)56(46-23-10-5-11-24-46)53-27-13-12-26-48(53)50-32-42(31-40-28-29-45(54)36-49(40)50)39-20-14-21-41(30-39)52-34-43(37-16-6-3-7-17-37)33-51(55-52)38-18-8-4-9-19-38/h3-36H,1-2H3. The van der Waals surface area contributed by atoms with Crippen LogP contribution in [0.2, 0.25) is 0 Å². The fraction of sp³-hybridized carbons (Fsp3) is 0.0556. The number of para-hydroxylation sites is 2. The van der Waals surface area contributed by atoms with E-state index in [2.05, 4.69) is 225 Å². The van der Waals surface area contributed by atoms with Crippen LogP contribution in [0.1, 0.15) is 25.0 Å². The average molecular weight is 717 g/mol. The zero-order valence-corrected chi connectivity index (χ0v) is 31.5. The molecule has 56 heavy (non-hydrogen) atoms. The second-order valence-electron chi connectivity index (χ2n) is 15.3. The smallest absolute Gasteiger partial charge is 0.0715 e. The molecule has 2 heterocycles. The van der Waals surface area contributed by atoms with Crippen molar-refractivity contribution in [2.24, 2.45) is 0 Å². The Morgan fingerprint density at radius 2 is 0.964 bits per heavy atom. The van der Waals surface area contributed by atoms with Gasteiger partial charge in [0, 0.05) is 33.5 Å². The zero-order valence-electron chi connectivity index (χ0n) is 31.5. The van der Waals surface area contributed by atoms with Gasteiger partial charge in [-0.2, -0.15) is 0 Å². The summed E-state index contributed by atoms with van der Waals surface area (Å²) < 4.78 is 0. The molecule has 0 fully saturated rings. The van der Waals surface area contributed by atoms with E-state index in [4.69, 9.17) is 4.98 Å². The van der Waals surface area contributed by atoms with Gasteiger partial charge in [-0.3, -0.25) is 0 Å². The van der Waals surface area contributed by atoms with Gasteiger partial charge in [-0.15, -0.1) is 0 Å². The van der Waals surface area contributed by atoms with Crippen molar-refractivity contribution in [1.82, 2.24) is 4.98 Å². The van der Waals surface area contributed by atoms with E-state index in [1.807, 2.05) is 0 Å². The Kier molecular flexibility index (Phi) is 8.19. The second kappa shape index (κ2) is 13.7. The highest BCUT2D eigenvalue weighted by Gasteiger charge is 2.27. The molecule has 0 saturated heterocycles. The average Bonchev–Trinajstić information content (AvgIpc) is 3.27. The van der Waals surface area contributed by atoms with E-state index in [9.17, 15) is 0 Å². The van der Waals surface area contributed by atoms with Gasteiger partial charge in [0.15, 0.2) is 0 Å². The summed E-state index contributed by atoms with van der Waals surface area (Å²) in [5.74, 6) is 0. The summed E-state index contributed by atoms with van der Waals surface area (Å²) in [6.45, 7) is 4.68. The van der Waals surface area contributed by atoms with Crippen LogP contribution in [-0.4, -0.2) is 4.98 Å². The van der Waals surface area contributed by atoms with Crippen molar-refractivity contribution in [1.29, 1.82) is 0 Å². The van der Waals surface area contributed by atoms with E-state index in [0.29, 0.717) is 0 Å². The van der Waals surface area contributed by atoms with Crippen LogP contribution >= 0.6 is 0 Å². The zero-order chi connectivity index (χ0) is 37.6. The molecule has 0 radical (unpaired) electrons. The molecule has 9 aromatic rings. The fourth-order valence-electron chi connectivity index (χ4n) is 8.33. The first-order valence-corrected chi connectivity index (χ1v) is 19.4. The third-order valence-electron chi connectivity index (χ3n) is 11.4. The topological polar surface area (TPSA) is 16.1 Å². The number of anilines is 3. The van der Waals surface area contributed by atoms with Crippen LogP contribution in [0.15, 0.2) is 206 Å². The summed E-state index contributed by atoms with van der Waals surface area (Å²) in [7, 11) is 0. The Balaban J connectivity index is 1.18. The lowest BCUT2D eigenvalue weighted by Gasteiger charge is -2.30. The van der Waals surface area contributed by atoms with E-state index < -0.39 is 0 Å². The maximum atomic E-state index is 5.26. The van der Waals surface area contributed by atoms with Crippen LogP contribution in [0.4, 0.5) is 17.1 Å². The van der Waals surface area contributed by atoms with Gasteiger partial charge in [0.25, 0.3) is 0 Å². The van der Waals surface area contributed by atoms with Gasteiger partial charge in [-0.25, -0.2) is 4.98 Å². The van der Waals surface area contributed by atoms with Gasteiger partial charge in [-0.05, 0) is 116 Å². The number of aromatic nitrogens is 1. The van der Waals surface area contributed by atoms with Crippen LogP contribution in [-0.2, 0) is 5.41 Å². The Morgan fingerprint density at radius 3 is 1.75 bits per heavy atom. The number of benzene rings is 8. The molecule has 8 aromatic carbocycles. The summed E-state index contributed by atoms with van der Waals surface area (Å²) in [5, 5.41) is 2.46. The van der Waals surface area contributed by atoms with E-state index >= 15 is 0 Å². The van der Waals surface area contributed by atoms with E-state index in [0.717, 1.165) is 50.7 Å². The Hall–Kier alpha value is -7.03. The number of hydrogen-bond acceptors (Lipinski definition) is 2. The first-order chi connectivity index (χ1) is 27.5. The maximum Gasteiger partial charge on any atom is 0.0715 e. The van der Waals surface area contributed by atoms with Crippen molar-refractivity contribution in [2.75, 3.05) is 4.90 Å². The highest BCUT2D eigenvalue weighted by atomic mass is 15.1. The predicted molar refractivity (Wildman–Crippen MR) is 236 cm³/mol. The third kappa shape index (κ3) is 5.97. The molecule has 1 aliphatic heterocycles. The van der Waals surface area contributed by atoms with Crippen molar-refractivity contribution < 1.29 is 0 Å². The minimum atomic E-state index is -0.215. The van der Waals surface area contributed by atoms with Gasteiger partial charge in [0.1, 0.15) is 0 Å². The minimum Gasteiger partial charge on any atom is -0.310 e. The molecular weight excluding hydrogens is 677 g/mol. The molecule has 0 aliphatic carbocycles. The van der Waals surface area contributed by atoms with Crippen molar-refractivity contribution >= 4 is 27.8 Å². The molecule has 0 saturated carbocycles. The molecule has 4 bridgehead atoms. The summed E-state index contributed by atoms with van der Waals surface area (Å²) in [6.07, 6.45) is 0. The van der Waals surface area contributed by atoms with Gasteiger partial charge >= 0.3 is 0 Å².